The first-order valence-electron chi connectivity index (χ1n) is 7.53. The van der Waals surface area contributed by atoms with Crippen molar-refractivity contribution < 1.29 is 19.0 Å². The van der Waals surface area contributed by atoms with Crippen LogP contribution in [-0.2, 0) is 4.74 Å². The molecule has 2 fully saturated rings. The van der Waals surface area contributed by atoms with Gasteiger partial charge in [0.1, 0.15) is 11.9 Å². The van der Waals surface area contributed by atoms with E-state index in [0.717, 1.165) is 11.1 Å². The fraction of sp³-hybridized carbons (Fsp3) is 0.500. The summed E-state index contributed by atoms with van der Waals surface area (Å²) in [4.78, 5) is 14.7. The first-order chi connectivity index (χ1) is 11.0. The topological polar surface area (TPSA) is 76.8 Å². The molecule has 6 nitrogen and oxygen atoms in total. The second-order valence-electron chi connectivity index (χ2n) is 6.00. The lowest BCUT2D eigenvalue weighted by Crippen LogP contribution is -2.59. The van der Waals surface area contributed by atoms with E-state index < -0.39 is 11.9 Å². The summed E-state index contributed by atoms with van der Waals surface area (Å²) >= 11 is 0. The molecule has 1 N–H and O–H groups in total. The minimum Gasteiger partial charge on any atom is -0.465 e. The Morgan fingerprint density at radius 2 is 2.22 bits per heavy atom. The Morgan fingerprint density at radius 1 is 1.43 bits per heavy atom. The number of ether oxygens (including phenoxy) is 1. The average molecular weight is 319 g/mol. The van der Waals surface area contributed by atoms with Crippen LogP contribution in [0.4, 0.5) is 9.18 Å². The highest BCUT2D eigenvalue weighted by molar-refractivity contribution is 5.65. The summed E-state index contributed by atoms with van der Waals surface area (Å²) in [6.07, 6.45) is -1.13. The second kappa shape index (κ2) is 6.14. The highest BCUT2D eigenvalue weighted by atomic mass is 19.1. The first kappa shape index (κ1) is 15.7. The molecule has 0 saturated carbocycles. The smallest absolute Gasteiger partial charge is 0.407 e. The van der Waals surface area contributed by atoms with Crippen LogP contribution in [0.25, 0.3) is 0 Å². The highest BCUT2D eigenvalue weighted by Crippen LogP contribution is 2.30. The second-order valence-corrected chi connectivity index (χ2v) is 6.00. The zero-order chi connectivity index (χ0) is 16.6. The first-order valence-corrected chi connectivity index (χ1v) is 7.53. The number of rotatable bonds is 1. The van der Waals surface area contributed by atoms with Crippen molar-refractivity contribution in [2.24, 2.45) is 0 Å². The summed E-state index contributed by atoms with van der Waals surface area (Å²) in [5.41, 5.74) is 1.60. The molecule has 2 aliphatic heterocycles. The van der Waals surface area contributed by atoms with Gasteiger partial charge in [0.05, 0.1) is 24.3 Å². The minimum absolute atomic E-state index is 0.0204. The number of carbonyl (C=O) groups is 1. The molecule has 2 heterocycles. The Bertz CT molecular complexity index is 673. The van der Waals surface area contributed by atoms with Crippen molar-refractivity contribution in [2.45, 2.75) is 19.1 Å². The van der Waals surface area contributed by atoms with Crippen LogP contribution in [0.5, 0.6) is 0 Å². The predicted octanol–water partition coefficient (Wildman–Crippen LogP) is 1.74. The summed E-state index contributed by atoms with van der Waals surface area (Å²) in [6, 6.07) is 4.83. The van der Waals surface area contributed by atoms with E-state index in [2.05, 4.69) is 4.90 Å². The number of fused-ring (bicyclic) bond motifs is 1. The van der Waals surface area contributed by atoms with Crippen LogP contribution in [0.2, 0.25) is 0 Å². The molecule has 0 aromatic heterocycles. The van der Waals surface area contributed by atoms with Crippen molar-refractivity contribution in [3.63, 3.8) is 0 Å². The van der Waals surface area contributed by atoms with Gasteiger partial charge in [0, 0.05) is 26.2 Å². The molecule has 2 atom stereocenters. The monoisotopic (exact) mass is 319 g/mol. The lowest BCUT2D eigenvalue weighted by molar-refractivity contribution is -0.0868. The van der Waals surface area contributed by atoms with E-state index in [1.807, 2.05) is 6.07 Å². The molecule has 0 aliphatic carbocycles. The van der Waals surface area contributed by atoms with Crippen LogP contribution in [0, 0.1) is 24.1 Å². The zero-order valence-electron chi connectivity index (χ0n) is 12.8. The molecule has 2 aliphatic rings. The lowest BCUT2D eigenvalue weighted by atomic mass is 9.97. The molecule has 7 heteroatoms. The van der Waals surface area contributed by atoms with Gasteiger partial charge in [0.25, 0.3) is 0 Å². The molecular weight excluding hydrogens is 301 g/mol. The SMILES string of the molecule is Cc1cc(F)c(C#N)cc1[C@@H]1CN2CCN(C(=O)O)C[C@H]2CO1. The maximum Gasteiger partial charge on any atom is 0.407 e. The summed E-state index contributed by atoms with van der Waals surface area (Å²) in [5.74, 6) is -0.516. The summed E-state index contributed by atoms with van der Waals surface area (Å²) in [5, 5.41) is 18.1. The normalized spacial score (nSPS) is 24.8. The number of halogens is 1. The number of amides is 1. The Kier molecular flexibility index (Phi) is 4.20. The van der Waals surface area contributed by atoms with E-state index in [1.165, 1.54) is 11.0 Å². The molecule has 122 valence electrons. The maximum absolute atomic E-state index is 13.7. The van der Waals surface area contributed by atoms with Gasteiger partial charge in [0.2, 0.25) is 0 Å². The largest absolute Gasteiger partial charge is 0.465 e. The van der Waals surface area contributed by atoms with E-state index >= 15 is 0 Å². The third-order valence-electron chi connectivity index (χ3n) is 4.59. The Hall–Kier alpha value is -2.17. The van der Waals surface area contributed by atoms with Crippen LogP contribution in [-0.4, -0.2) is 59.8 Å². The van der Waals surface area contributed by atoms with Gasteiger partial charge in [-0.05, 0) is 30.2 Å². The maximum atomic E-state index is 13.7. The standard InChI is InChI=1S/C16H18FN3O3/c1-10-4-14(17)11(6-18)5-13(10)15-8-19-2-3-20(16(21)22)7-12(19)9-23-15/h4-5,12,15H,2-3,7-9H2,1H3,(H,21,22)/t12-,15-/m0/s1. The van der Waals surface area contributed by atoms with Crippen molar-refractivity contribution in [2.75, 3.05) is 32.8 Å². The molecule has 3 rings (SSSR count). The summed E-state index contributed by atoms with van der Waals surface area (Å²) in [7, 11) is 0. The third kappa shape index (κ3) is 3.00. The number of piperazine rings is 1. The number of carboxylic acid groups (broad SMARTS) is 1. The van der Waals surface area contributed by atoms with Gasteiger partial charge >= 0.3 is 6.09 Å². The third-order valence-corrected chi connectivity index (χ3v) is 4.59. The van der Waals surface area contributed by atoms with Gasteiger partial charge in [0.15, 0.2) is 0 Å². The number of benzene rings is 1. The van der Waals surface area contributed by atoms with Crippen molar-refractivity contribution in [1.29, 1.82) is 5.26 Å². The molecule has 2 saturated heterocycles. The van der Waals surface area contributed by atoms with E-state index in [-0.39, 0.29) is 17.7 Å². The quantitative estimate of drug-likeness (QED) is 0.853. The van der Waals surface area contributed by atoms with Gasteiger partial charge in [-0.25, -0.2) is 9.18 Å². The van der Waals surface area contributed by atoms with E-state index in [1.54, 1.807) is 13.0 Å². The molecular formula is C16H18FN3O3. The van der Waals surface area contributed by atoms with E-state index in [4.69, 9.17) is 15.1 Å². The molecule has 1 aromatic carbocycles. The van der Waals surface area contributed by atoms with E-state index in [0.29, 0.717) is 32.8 Å². The van der Waals surface area contributed by atoms with Crippen LogP contribution in [0.3, 0.4) is 0 Å². The fourth-order valence-corrected chi connectivity index (χ4v) is 3.27. The zero-order valence-corrected chi connectivity index (χ0v) is 12.8. The van der Waals surface area contributed by atoms with E-state index in [9.17, 15) is 9.18 Å². The van der Waals surface area contributed by atoms with Gasteiger partial charge in [-0.2, -0.15) is 5.26 Å². The average Bonchev–Trinajstić information content (AvgIpc) is 2.54. The summed E-state index contributed by atoms with van der Waals surface area (Å²) < 4.78 is 19.5. The molecule has 1 amide bonds. The molecule has 1 aromatic rings. The number of morpholine rings is 1. The molecule has 0 bridgehead atoms. The van der Waals surface area contributed by atoms with Crippen molar-refractivity contribution in [1.82, 2.24) is 9.80 Å². The van der Waals surface area contributed by atoms with Crippen LogP contribution in [0.15, 0.2) is 12.1 Å². The van der Waals surface area contributed by atoms with Crippen molar-refractivity contribution in [3.8, 4) is 6.07 Å². The lowest BCUT2D eigenvalue weighted by Gasteiger charge is -2.45. The fourth-order valence-electron chi connectivity index (χ4n) is 3.27. The van der Waals surface area contributed by atoms with Gasteiger partial charge in [-0.15, -0.1) is 0 Å². The van der Waals surface area contributed by atoms with Gasteiger partial charge in [-0.3, -0.25) is 4.90 Å². The van der Waals surface area contributed by atoms with Gasteiger partial charge < -0.3 is 14.7 Å². The van der Waals surface area contributed by atoms with Crippen LogP contribution >= 0.6 is 0 Å². The number of hydrogen-bond acceptors (Lipinski definition) is 4. The Balaban J connectivity index is 1.76. The summed E-state index contributed by atoms with van der Waals surface area (Å²) in [6.45, 7) is 4.42. The number of hydrogen-bond donors (Lipinski definition) is 1. The number of nitrogens with zero attached hydrogens (tertiary/aromatic N) is 3. The molecule has 0 unspecified atom stereocenters. The van der Waals surface area contributed by atoms with Crippen LogP contribution in [0.1, 0.15) is 22.8 Å². The molecule has 23 heavy (non-hydrogen) atoms. The Morgan fingerprint density at radius 3 is 2.91 bits per heavy atom. The molecule has 0 spiro atoms. The van der Waals surface area contributed by atoms with Crippen molar-refractivity contribution in [3.05, 3.63) is 34.6 Å². The van der Waals surface area contributed by atoms with Crippen molar-refractivity contribution >= 4 is 6.09 Å². The highest BCUT2D eigenvalue weighted by Gasteiger charge is 2.36. The number of aryl methyl sites for hydroxylation is 1. The minimum atomic E-state index is -0.903. The van der Waals surface area contributed by atoms with Crippen LogP contribution < -0.4 is 0 Å². The Labute approximate surface area is 133 Å². The van der Waals surface area contributed by atoms with Gasteiger partial charge in [-0.1, -0.05) is 0 Å². The predicted molar refractivity (Wildman–Crippen MR) is 79.5 cm³/mol. The number of nitriles is 1. The molecule has 0 radical (unpaired) electrons.